The Balaban J connectivity index is 1.42. The zero-order valence-electron chi connectivity index (χ0n) is 14.6. The number of para-hydroxylation sites is 1. The first-order valence-electron chi connectivity index (χ1n) is 8.62. The van der Waals surface area contributed by atoms with E-state index < -0.39 is 11.6 Å². The van der Waals surface area contributed by atoms with Crippen LogP contribution in [0.15, 0.2) is 35.8 Å². The molecule has 3 heterocycles. The third kappa shape index (κ3) is 3.57. The number of aryl methyl sites for hydroxylation is 1. The van der Waals surface area contributed by atoms with Crippen molar-refractivity contribution in [3.05, 3.63) is 58.2 Å². The van der Waals surface area contributed by atoms with Crippen molar-refractivity contribution < 1.29 is 13.6 Å². The first kappa shape index (κ1) is 17.7. The van der Waals surface area contributed by atoms with E-state index in [0.29, 0.717) is 25.2 Å². The average Bonchev–Trinajstić information content (AvgIpc) is 3.35. The lowest BCUT2D eigenvalue weighted by molar-refractivity contribution is 0.0936. The Bertz CT molecular complexity index is 964. The van der Waals surface area contributed by atoms with Crippen molar-refractivity contribution in [3.8, 4) is 11.3 Å². The van der Waals surface area contributed by atoms with Crippen LogP contribution >= 0.6 is 11.3 Å². The van der Waals surface area contributed by atoms with Crippen molar-refractivity contribution in [2.24, 2.45) is 0 Å². The van der Waals surface area contributed by atoms with Gasteiger partial charge in [-0.25, -0.2) is 13.8 Å². The number of H-pyrrole nitrogens is 1. The summed E-state index contributed by atoms with van der Waals surface area (Å²) in [6.45, 7) is 2.78. The van der Waals surface area contributed by atoms with Gasteiger partial charge >= 0.3 is 0 Å². The fraction of sp³-hybridized carbons (Fsp3) is 0.263. The summed E-state index contributed by atoms with van der Waals surface area (Å²) in [5.41, 5.74) is 2.09. The molecule has 1 atom stereocenters. The number of hydrogen-bond donors (Lipinski definition) is 2. The maximum atomic E-state index is 13.9. The number of amides is 1. The average molecular weight is 388 g/mol. The lowest BCUT2D eigenvalue weighted by Crippen LogP contribution is -2.37. The topological polar surface area (TPSA) is 61.0 Å². The van der Waals surface area contributed by atoms with Gasteiger partial charge in [0, 0.05) is 36.3 Å². The molecule has 1 amide bonds. The number of carbonyl (C=O) groups is 1. The summed E-state index contributed by atoms with van der Waals surface area (Å²) in [5, 5.41) is 5.83. The molecule has 1 aliphatic heterocycles. The van der Waals surface area contributed by atoms with Crippen LogP contribution in [-0.4, -0.2) is 35.0 Å². The number of carbonyl (C=O) groups excluding carboxylic acids is 1. The van der Waals surface area contributed by atoms with Crippen molar-refractivity contribution in [1.29, 1.82) is 0 Å². The summed E-state index contributed by atoms with van der Waals surface area (Å²) in [6.07, 6.45) is 2.37. The molecule has 27 heavy (non-hydrogen) atoms. The Morgan fingerprint density at radius 3 is 2.85 bits per heavy atom. The third-order valence-electron chi connectivity index (χ3n) is 4.62. The molecule has 0 saturated carbocycles. The van der Waals surface area contributed by atoms with Crippen molar-refractivity contribution in [2.45, 2.75) is 19.4 Å². The van der Waals surface area contributed by atoms with E-state index in [2.05, 4.69) is 15.3 Å². The summed E-state index contributed by atoms with van der Waals surface area (Å²) >= 11 is 1.55. The zero-order valence-corrected chi connectivity index (χ0v) is 15.4. The molecule has 0 unspecified atom stereocenters. The molecule has 0 bridgehead atoms. The Labute approximate surface area is 159 Å². The minimum absolute atomic E-state index is 0.0321. The normalized spacial score (nSPS) is 16.7. The van der Waals surface area contributed by atoms with Crippen LogP contribution in [0.25, 0.3) is 11.3 Å². The van der Waals surface area contributed by atoms with Gasteiger partial charge in [-0.2, -0.15) is 0 Å². The number of nitrogens with zero attached hydrogens (tertiary/aromatic N) is 2. The van der Waals surface area contributed by atoms with Gasteiger partial charge in [-0.1, -0.05) is 6.07 Å². The molecule has 1 aromatic carbocycles. The van der Waals surface area contributed by atoms with Gasteiger partial charge in [0.2, 0.25) is 0 Å². The van der Waals surface area contributed by atoms with Crippen LogP contribution in [0, 0.1) is 18.6 Å². The number of benzene rings is 1. The molecule has 0 radical (unpaired) electrons. The van der Waals surface area contributed by atoms with E-state index in [1.807, 2.05) is 12.3 Å². The molecular weight excluding hydrogens is 370 g/mol. The molecule has 8 heteroatoms. The number of rotatable bonds is 4. The number of aromatic nitrogens is 2. The molecule has 0 spiro atoms. The van der Waals surface area contributed by atoms with Crippen molar-refractivity contribution in [1.82, 2.24) is 15.3 Å². The first-order valence-corrected chi connectivity index (χ1v) is 9.50. The van der Waals surface area contributed by atoms with Gasteiger partial charge in [-0.05, 0) is 31.5 Å². The summed E-state index contributed by atoms with van der Waals surface area (Å²) < 4.78 is 27.9. The smallest absolute Gasteiger partial charge is 0.267 e. The van der Waals surface area contributed by atoms with E-state index in [1.165, 1.54) is 18.2 Å². The minimum atomic E-state index is -0.588. The second kappa shape index (κ2) is 7.11. The van der Waals surface area contributed by atoms with E-state index in [9.17, 15) is 13.6 Å². The van der Waals surface area contributed by atoms with Crippen LogP contribution in [0.1, 0.15) is 21.9 Å². The van der Waals surface area contributed by atoms with Gasteiger partial charge < -0.3 is 15.2 Å². The van der Waals surface area contributed by atoms with Gasteiger partial charge in [0.25, 0.3) is 5.91 Å². The molecule has 1 saturated heterocycles. The Morgan fingerprint density at radius 1 is 1.37 bits per heavy atom. The fourth-order valence-electron chi connectivity index (χ4n) is 3.30. The van der Waals surface area contributed by atoms with Crippen LogP contribution in [0.4, 0.5) is 14.5 Å². The zero-order chi connectivity index (χ0) is 19.0. The minimum Gasteiger partial charge on any atom is -0.365 e. The van der Waals surface area contributed by atoms with Crippen LogP contribution in [-0.2, 0) is 0 Å². The molecule has 1 fully saturated rings. The first-order chi connectivity index (χ1) is 13.0. The van der Waals surface area contributed by atoms with Gasteiger partial charge in [-0.15, -0.1) is 11.3 Å². The summed E-state index contributed by atoms with van der Waals surface area (Å²) in [4.78, 5) is 21.5. The number of thiazole rings is 1. The highest BCUT2D eigenvalue weighted by Crippen LogP contribution is 2.27. The van der Waals surface area contributed by atoms with Gasteiger partial charge in [-0.3, -0.25) is 4.79 Å². The third-order valence-corrected chi connectivity index (χ3v) is 5.39. The van der Waals surface area contributed by atoms with E-state index in [1.54, 1.807) is 28.5 Å². The second-order valence-electron chi connectivity index (χ2n) is 6.53. The van der Waals surface area contributed by atoms with Crippen LogP contribution in [0.2, 0.25) is 0 Å². The van der Waals surface area contributed by atoms with E-state index in [-0.39, 0.29) is 17.6 Å². The lowest BCUT2D eigenvalue weighted by atomic mass is 10.2. The molecule has 140 valence electrons. The number of aromatic amines is 1. The Hall–Kier alpha value is -2.74. The van der Waals surface area contributed by atoms with E-state index >= 15 is 0 Å². The van der Waals surface area contributed by atoms with Crippen molar-refractivity contribution >= 4 is 22.9 Å². The summed E-state index contributed by atoms with van der Waals surface area (Å²) in [6, 6.07) is 5.41. The quantitative estimate of drug-likeness (QED) is 0.716. The highest BCUT2D eigenvalue weighted by molar-refractivity contribution is 7.09. The van der Waals surface area contributed by atoms with Gasteiger partial charge in [0.1, 0.15) is 23.0 Å². The van der Waals surface area contributed by atoms with Crippen LogP contribution in [0.5, 0.6) is 0 Å². The fourth-order valence-corrected chi connectivity index (χ4v) is 3.93. The van der Waals surface area contributed by atoms with Gasteiger partial charge in [0.05, 0.1) is 10.7 Å². The SMILES string of the molecule is Cc1nc(-c2c[nH]c(C(=O)N[C@@H]3CCN(c4c(F)cccc4F)C3)c2)cs1. The maximum absolute atomic E-state index is 13.9. The number of nitrogens with one attached hydrogen (secondary N) is 2. The largest absolute Gasteiger partial charge is 0.365 e. The van der Waals surface area contributed by atoms with E-state index in [4.69, 9.17) is 0 Å². The number of anilines is 1. The molecule has 0 aliphatic carbocycles. The highest BCUT2D eigenvalue weighted by Gasteiger charge is 2.28. The summed E-state index contributed by atoms with van der Waals surface area (Å²) in [7, 11) is 0. The van der Waals surface area contributed by atoms with Crippen LogP contribution in [0.3, 0.4) is 0 Å². The molecule has 2 aromatic heterocycles. The van der Waals surface area contributed by atoms with Crippen molar-refractivity contribution in [2.75, 3.05) is 18.0 Å². The second-order valence-corrected chi connectivity index (χ2v) is 7.59. The number of hydrogen-bond acceptors (Lipinski definition) is 4. The molecule has 1 aliphatic rings. The Kier molecular flexibility index (Phi) is 4.65. The van der Waals surface area contributed by atoms with Crippen molar-refractivity contribution in [3.63, 3.8) is 0 Å². The van der Waals surface area contributed by atoms with Crippen LogP contribution < -0.4 is 10.2 Å². The molecule has 2 N–H and O–H groups in total. The van der Waals surface area contributed by atoms with Gasteiger partial charge in [0.15, 0.2) is 0 Å². The highest BCUT2D eigenvalue weighted by atomic mass is 32.1. The maximum Gasteiger partial charge on any atom is 0.267 e. The molecule has 4 rings (SSSR count). The Morgan fingerprint density at radius 2 is 2.15 bits per heavy atom. The van der Waals surface area contributed by atoms with E-state index in [0.717, 1.165) is 16.3 Å². The predicted octanol–water partition coefficient (Wildman–Crippen LogP) is 3.73. The molecule has 3 aromatic rings. The standard InChI is InChI=1S/C19H18F2N4OS/c1-11-23-17(10-27-11)12-7-16(22-8-12)19(26)24-13-5-6-25(9-13)18-14(20)3-2-4-15(18)21/h2-4,7-8,10,13,22H,5-6,9H2,1H3,(H,24,26)/t13-/m1/s1. The summed E-state index contributed by atoms with van der Waals surface area (Å²) in [5.74, 6) is -1.42. The number of halogens is 2. The monoisotopic (exact) mass is 388 g/mol. The lowest BCUT2D eigenvalue weighted by Gasteiger charge is -2.20. The molecule has 5 nitrogen and oxygen atoms in total. The molecular formula is C19H18F2N4OS. The predicted molar refractivity (Wildman–Crippen MR) is 101 cm³/mol.